The topological polar surface area (TPSA) is 58.2 Å². The molecule has 4 nitrogen and oxygen atoms in total. The molecule has 5 heteroatoms. The zero-order valence-electron chi connectivity index (χ0n) is 12.2. The SMILES string of the molecule is CCCNCc1cccc(S(=O)(=O)NCC2CC2C)c1. The molecular formula is C15H24N2O2S. The molecule has 1 saturated carbocycles. The molecule has 0 aromatic heterocycles. The van der Waals surface area contributed by atoms with Gasteiger partial charge < -0.3 is 5.32 Å². The first-order valence-corrected chi connectivity index (χ1v) is 8.80. The fourth-order valence-corrected chi connectivity index (χ4v) is 3.38. The van der Waals surface area contributed by atoms with Crippen molar-refractivity contribution >= 4 is 10.0 Å². The average molecular weight is 296 g/mol. The molecular weight excluding hydrogens is 272 g/mol. The molecule has 0 heterocycles. The second-order valence-electron chi connectivity index (χ2n) is 5.65. The summed E-state index contributed by atoms with van der Waals surface area (Å²) in [6.45, 7) is 6.46. The van der Waals surface area contributed by atoms with Crippen LogP contribution in [0.2, 0.25) is 0 Å². The molecule has 1 fully saturated rings. The van der Waals surface area contributed by atoms with Crippen LogP contribution < -0.4 is 10.0 Å². The van der Waals surface area contributed by atoms with Gasteiger partial charge in [0.2, 0.25) is 10.0 Å². The van der Waals surface area contributed by atoms with Gasteiger partial charge in [-0.3, -0.25) is 0 Å². The number of nitrogens with one attached hydrogen (secondary N) is 2. The summed E-state index contributed by atoms with van der Waals surface area (Å²) in [6, 6.07) is 7.16. The van der Waals surface area contributed by atoms with E-state index in [1.165, 1.54) is 0 Å². The van der Waals surface area contributed by atoms with Crippen LogP contribution in [0, 0.1) is 11.8 Å². The molecule has 0 radical (unpaired) electrons. The number of hydrogen-bond donors (Lipinski definition) is 2. The number of sulfonamides is 1. The van der Waals surface area contributed by atoms with E-state index in [-0.39, 0.29) is 0 Å². The van der Waals surface area contributed by atoms with Gasteiger partial charge in [-0.25, -0.2) is 13.1 Å². The molecule has 1 aliphatic rings. The van der Waals surface area contributed by atoms with E-state index >= 15 is 0 Å². The van der Waals surface area contributed by atoms with Crippen LogP contribution in [0.15, 0.2) is 29.2 Å². The van der Waals surface area contributed by atoms with Crippen molar-refractivity contribution in [3.05, 3.63) is 29.8 Å². The summed E-state index contributed by atoms with van der Waals surface area (Å²) in [7, 11) is -3.37. The van der Waals surface area contributed by atoms with Crippen molar-refractivity contribution in [3.63, 3.8) is 0 Å². The molecule has 1 aromatic rings. The van der Waals surface area contributed by atoms with Gasteiger partial charge in [0.1, 0.15) is 0 Å². The summed E-state index contributed by atoms with van der Waals surface area (Å²) in [5.74, 6) is 1.17. The minimum Gasteiger partial charge on any atom is -0.313 e. The maximum absolute atomic E-state index is 12.2. The highest BCUT2D eigenvalue weighted by atomic mass is 32.2. The van der Waals surface area contributed by atoms with Crippen molar-refractivity contribution in [1.29, 1.82) is 0 Å². The second-order valence-corrected chi connectivity index (χ2v) is 7.42. The van der Waals surface area contributed by atoms with Gasteiger partial charge in [-0.1, -0.05) is 26.0 Å². The highest BCUT2D eigenvalue weighted by Gasteiger charge is 2.33. The molecule has 0 bridgehead atoms. The lowest BCUT2D eigenvalue weighted by atomic mass is 10.2. The van der Waals surface area contributed by atoms with Gasteiger partial charge in [0, 0.05) is 13.1 Å². The molecule has 112 valence electrons. The summed E-state index contributed by atoms with van der Waals surface area (Å²) >= 11 is 0. The lowest BCUT2D eigenvalue weighted by molar-refractivity contribution is 0.574. The molecule has 1 aromatic carbocycles. The van der Waals surface area contributed by atoms with E-state index in [1.807, 2.05) is 6.07 Å². The summed E-state index contributed by atoms with van der Waals surface area (Å²) in [6.07, 6.45) is 2.20. The van der Waals surface area contributed by atoms with Gasteiger partial charge in [0.25, 0.3) is 0 Å². The predicted octanol–water partition coefficient (Wildman–Crippen LogP) is 2.12. The van der Waals surface area contributed by atoms with E-state index in [9.17, 15) is 8.42 Å². The standard InChI is InChI=1S/C15H24N2O2S/c1-3-7-16-10-13-5-4-6-15(9-13)20(18,19)17-11-14-8-12(14)2/h4-6,9,12,14,16-17H,3,7-8,10-11H2,1-2H3. The van der Waals surface area contributed by atoms with Crippen LogP contribution in [0.3, 0.4) is 0 Å². The highest BCUT2D eigenvalue weighted by molar-refractivity contribution is 7.89. The highest BCUT2D eigenvalue weighted by Crippen LogP contribution is 2.37. The van der Waals surface area contributed by atoms with Crippen molar-refractivity contribution < 1.29 is 8.42 Å². The number of hydrogen-bond acceptors (Lipinski definition) is 3. The van der Waals surface area contributed by atoms with Crippen LogP contribution in [-0.4, -0.2) is 21.5 Å². The summed E-state index contributed by atoms with van der Waals surface area (Å²) < 4.78 is 27.2. The van der Waals surface area contributed by atoms with Crippen molar-refractivity contribution in [1.82, 2.24) is 10.0 Å². The zero-order valence-corrected chi connectivity index (χ0v) is 13.0. The molecule has 2 rings (SSSR count). The van der Waals surface area contributed by atoms with Gasteiger partial charge in [-0.2, -0.15) is 0 Å². The Morgan fingerprint density at radius 2 is 2.10 bits per heavy atom. The van der Waals surface area contributed by atoms with Crippen molar-refractivity contribution in [2.45, 2.75) is 38.1 Å². The molecule has 2 unspecified atom stereocenters. The van der Waals surface area contributed by atoms with Crippen LogP contribution in [0.1, 0.15) is 32.3 Å². The minimum atomic E-state index is -3.37. The van der Waals surface area contributed by atoms with Crippen LogP contribution in [-0.2, 0) is 16.6 Å². The van der Waals surface area contributed by atoms with Crippen LogP contribution in [0.5, 0.6) is 0 Å². The fraction of sp³-hybridized carbons (Fsp3) is 0.600. The largest absolute Gasteiger partial charge is 0.313 e. The normalized spacial score (nSPS) is 21.9. The Balaban J connectivity index is 1.97. The Kier molecular flexibility index (Phi) is 5.18. The van der Waals surface area contributed by atoms with E-state index in [1.54, 1.807) is 18.2 Å². The Morgan fingerprint density at radius 1 is 1.35 bits per heavy atom. The van der Waals surface area contributed by atoms with E-state index in [4.69, 9.17) is 0 Å². The van der Waals surface area contributed by atoms with E-state index in [2.05, 4.69) is 23.9 Å². The van der Waals surface area contributed by atoms with Crippen molar-refractivity contribution in [3.8, 4) is 0 Å². The van der Waals surface area contributed by atoms with Gasteiger partial charge in [-0.05, 0) is 48.9 Å². The Labute approximate surface area is 122 Å². The van der Waals surface area contributed by atoms with Crippen molar-refractivity contribution in [2.24, 2.45) is 11.8 Å². The third-order valence-corrected chi connectivity index (χ3v) is 5.20. The molecule has 20 heavy (non-hydrogen) atoms. The molecule has 0 saturated heterocycles. The first-order chi connectivity index (χ1) is 9.53. The molecule has 0 spiro atoms. The van der Waals surface area contributed by atoms with Crippen LogP contribution >= 0.6 is 0 Å². The first kappa shape index (κ1) is 15.5. The molecule has 0 aliphatic heterocycles. The zero-order chi connectivity index (χ0) is 14.6. The molecule has 1 aliphatic carbocycles. The summed E-state index contributed by atoms with van der Waals surface area (Å²) in [5, 5.41) is 3.28. The Bertz CT molecular complexity index is 543. The summed E-state index contributed by atoms with van der Waals surface area (Å²) in [5.41, 5.74) is 1.00. The van der Waals surface area contributed by atoms with E-state index in [0.717, 1.165) is 24.9 Å². The Hall–Kier alpha value is -0.910. The third-order valence-electron chi connectivity index (χ3n) is 3.78. The van der Waals surface area contributed by atoms with Gasteiger partial charge in [-0.15, -0.1) is 0 Å². The molecule has 0 amide bonds. The monoisotopic (exact) mass is 296 g/mol. The first-order valence-electron chi connectivity index (χ1n) is 7.32. The van der Waals surface area contributed by atoms with Gasteiger partial charge >= 0.3 is 0 Å². The second kappa shape index (κ2) is 6.70. The lowest BCUT2D eigenvalue weighted by Crippen LogP contribution is -2.26. The Morgan fingerprint density at radius 3 is 2.75 bits per heavy atom. The third kappa shape index (κ3) is 4.30. The minimum absolute atomic E-state index is 0.363. The maximum Gasteiger partial charge on any atom is 0.240 e. The number of rotatable bonds is 8. The van der Waals surface area contributed by atoms with Crippen LogP contribution in [0.4, 0.5) is 0 Å². The smallest absolute Gasteiger partial charge is 0.240 e. The maximum atomic E-state index is 12.2. The molecule has 2 N–H and O–H groups in total. The summed E-state index contributed by atoms with van der Waals surface area (Å²) in [4.78, 5) is 0.363. The van der Waals surface area contributed by atoms with E-state index in [0.29, 0.717) is 29.8 Å². The van der Waals surface area contributed by atoms with Gasteiger partial charge in [0.05, 0.1) is 4.90 Å². The van der Waals surface area contributed by atoms with Crippen molar-refractivity contribution in [2.75, 3.05) is 13.1 Å². The number of benzene rings is 1. The predicted molar refractivity (Wildman–Crippen MR) is 80.9 cm³/mol. The van der Waals surface area contributed by atoms with Gasteiger partial charge in [0.15, 0.2) is 0 Å². The quantitative estimate of drug-likeness (QED) is 0.723. The molecule has 2 atom stereocenters. The lowest BCUT2D eigenvalue weighted by Gasteiger charge is -2.09. The average Bonchev–Trinajstić information content (AvgIpc) is 3.13. The van der Waals surface area contributed by atoms with Crippen LogP contribution in [0.25, 0.3) is 0 Å². The fourth-order valence-electron chi connectivity index (χ4n) is 2.22. The van der Waals surface area contributed by atoms with E-state index < -0.39 is 10.0 Å².